The molecule has 8 heteroatoms. The van der Waals surface area contributed by atoms with Gasteiger partial charge < -0.3 is 16.0 Å². The van der Waals surface area contributed by atoms with Crippen molar-refractivity contribution < 1.29 is 14.0 Å². The molecular weight excluding hydrogens is 415 g/mol. The number of halogens is 1. The number of carbonyl (C=O) groups excluding carboxylic acids is 2. The fourth-order valence-electron chi connectivity index (χ4n) is 3.07. The van der Waals surface area contributed by atoms with E-state index in [9.17, 15) is 14.0 Å². The third-order valence-electron chi connectivity index (χ3n) is 5.05. The van der Waals surface area contributed by atoms with Gasteiger partial charge in [0.2, 0.25) is 0 Å². The number of carbonyl (C=O) groups is 2. The van der Waals surface area contributed by atoms with Crippen molar-refractivity contribution in [2.24, 2.45) is 0 Å². The van der Waals surface area contributed by atoms with Crippen LogP contribution in [0.4, 0.5) is 15.2 Å². The summed E-state index contributed by atoms with van der Waals surface area (Å²) in [7, 11) is 0. The molecule has 2 aromatic carbocycles. The first-order valence-corrected chi connectivity index (χ1v) is 10.9. The molecule has 0 aliphatic heterocycles. The molecule has 2 amide bonds. The molecule has 0 unspecified atom stereocenters. The van der Waals surface area contributed by atoms with Gasteiger partial charge in [-0.15, -0.1) is 0 Å². The number of hydrogen-bond donors (Lipinski definition) is 3. The molecule has 3 aromatic rings. The smallest absolute Gasteiger partial charge is 0.267 e. The topological polar surface area (TPSA) is 83.1 Å². The Balaban J connectivity index is 1.45. The molecule has 31 heavy (non-hydrogen) atoms. The van der Waals surface area contributed by atoms with Crippen LogP contribution in [0, 0.1) is 19.7 Å². The molecule has 4 rings (SSSR count). The summed E-state index contributed by atoms with van der Waals surface area (Å²) in [6.07, 6.45) is 2.03. The lowest BCUT2D eigenvalue weighted by Gasteiger charge is -2.10. The van der Waals surface area contributed by atoms with Crippen LogP contribution in [0.1, 0.15) is 49.7 Å². The summed E-state index contributed by atoms with van der Waals surface area (Å²) in [4.78, 5) is 30.0. The molecule has 0 bridgehead atoms. The standard InChI is InChI=1S/C23H23FN4O2S/c1-13-7-8-15(21(29)27-17-9-10-17)11-19(13)28-22(30)20-14(2)26-23(31-20)25-12-16-5-3-4-6-18(16)24/h3-8,11,17H,9-10,12H2,1-2H3,(H,25,26)(H,27,29)(H,28,30). The van der Waals surface area contributed by atoms with E-state index in [-0.39, 0.29) is 30.2 Å². The molecule has 0 atom stereocenters. The van der Waals surface area contributed by atoms with Gasteiger partial charge in [0.25, 0.3) is 11.8 Å². The molecule has 1 saturated carbocycles. The van der Waals surface area contributed by atoms with Crippen LogP contribution in [0.5, 0.6) is 0 Å². The van der Waals surface area contributed by atoms with Crippen molar-refractivity contribution in [2.75, 3.05) is 10.6 Å². The van der Waals surface area contributed by atoms with Gasteiger partial charge >= 0.3 is 0 Å². The molecule has 0 spiro atoms. The highest BCUT2D eigenvalue weighted by molar-refractivity contribution is 7.17. The molecule has 0 saturated heterocycles. The van der Waals surface area contributed by atoms with Crippen molar-refractivity contribution in [3.8, 4) is 0 Å². The first-order valence-electron chi connectivity index (χ1n) is 10.1. The second-order valence-corrected chi connectivity index (χ2v) is 8.61. The van der Waals surface area contributed by atoms with Gasteiger partial charge in [-0.2, -0.15) is 0 Å². The minimum atomic E-state index is -0.295. The number of rotatable bonds is 7. The van der Waals surface area contributed by atoms with Crippen molar-refractivity contribution in [1.82, 2.24) is 10.3 Å². The Morgan fingerprint density at radius 1 is 1.13 bits per heavy atom. The van der Waals surface area contributed by atoms with Crippen LogP contribution >= 0.6 is 11.3 Å². The molecule has 1 aliphatic carbocycles. The Hall–Kier alpha value is -3.26. The first-order chi connectivity index (χ1) is 14.9. The highest BCUT2D eigenvalue weighted by Gasteiger charge is 2.24. The van der Waals surface area contributed by atoms with Crippen molar-refractivity contribution in [3.63, 3.8) is 0 Å². The maximum absolute atomic E-state index is 13.8. The van der Waals surface area contributed by atoms with Gasteiger partial charge in [-0.25, -0.2) is 9.37 Å². The van der Waals surface area contributed by atoms with E-state index in [1.165, 1.54) is 17.4 Å². The van der Waals surface area contributed by atoms with E-state index in [0.717, 1.165) is 18.4 Å². The van der Waals surface area contributed by atoms with Gasteiger partial charge in [-0.05, 0) is 50.5 Å². The third-order valence-corrected chi connectivity index (χ3v) is 6.17. The van der Waals surface area contributed by atoms with E-state index in [0.29, 0.717) is 32.5 Å². The second kappa shape index (κ2) is 8.85. The predicted molar refractivity (Wildman–Crippen MR) is 120 cm³/mol. The van der Waals surface area contributed by atoms with Crippen LogP contribution in [0.2, 0.25) is 0 Å². The highest BCUT2D eigenvalue weighted by Crippen LogP contribution is 2.26. The highest BCUT2D eigenvalue weighted by atomic mass is 32.1. The Kier molecular flexibility index (Phi) is 5.99. The molecule has 1 fully saturated rings. The molecule has 6 nitrogen and oxygen atoms in total. The minimum Gasteiger partial charge on any atom is -0.357 e. The summed E-state index contributed by atoms with van der Waals surface area (Å²) in [5.74, 6) is -0.717. The maximum Gasteiger partial charge on any atom is 0.267 e. The van der Waals surface area contributed by atoms with Crippen molar-refractivity contribution in [1.29, 1.82) is 0 Å². The van der Waals surface area contributed by atoms with Gasteiger partial charge in [-0.1, -0.05) is 35.6 Å². The number of hydrogen-bond acceptors (Lipinski definition) is 5. The molecule has 1 aliphatic rings. The lowest BCUT2D eigenvalue weighted by atomic mass is 10.1. The molecule has 3 N–H and O–H groups in total. The van der Waals surface area contributed by atoms with E-state index in [1.807, 2.05) is 13.0 Å². The van der Waals surface area contributed by atoms with E-state index >= 15 is 0 Å². The minimum absolute atomic E-state index is 0.133. The molecule has 1 aromatic heterocycles. The molecule has 0 radical (unpaired) electrons. The van der Waals surface area contributed by atoms with E-state index in [2.05, 4.69) is 20.9 Å². The van der Waals surface area contributed by atoms with Gasteiger partial charge in [0.05, 0.1) is 5.69 Å². The SMILES string of the molecule is Cc1ccc(C(=O)NC2CC2)cc1NC(=O)c1sc(NCc2ccccc2F)nc1C. The fraction of sp³-hybridized carbons (Fsp3) is 0.261. The number of aryl methyl sites for hydroxylation is 2. The molecule has 1 heterocycles. The summed E-state index contributed by atoms with van der Waals surface area (Å²) in [5.41, 5.74) is 3.07. The second-order valence-electron chi connectivity index (χ2n) is 7.61. The summed E-state index contributed by atoms with van der Waals surface area (Å²) in [6.45, 7) is 3.91. The largest absolute Gasteiger partial charge is 0.357 e. The number of benzene rings is 2. The van der Waals surface area contributed by atoms with E-state index in [1.54, 1.807) is 37.3 Å². The van der Waals surface area contributed by atoms with Crippen LogP contribution in [0.3, 0.4) is 0 Å². The summed E-state index contributed by atoms with van der Waals surface area (Å²) in [5, 5.41) is 9.46. The van der Waals surface area contributed by atoms with Gasteiger partial charge in [0.15, 0.2) is 5.13 Å². The number of thiazole rings is 1. The Morgan fingerprint density at radius 2 is 1.90 bits per heavy atom. The Bertz CT molecular complexity index is 1140. The van der Waals surface area contributed by atoms with Crippen molar-refractivity contribution in [3.05, 3.63) is 75.5 Å². The zero-order chi connectivity index (χ0) is 22.0. The van der Waals surface area contributed by atoms with Crippen LogP contribution in [0.25, 0.3) is 0 Å². The number of amides is 2. The first kappa shape index (κ1) is 21.0. The van der Waals surface area contributed by atoms with E-state index in [4.69, 9.17) is 0 Å². The summed E-state index contributed by atoms with van der Waals surface area (Å²) in [6, 6.07) is 12.1. The zero-order valence-electron chi connectivity index (χ0n) is 17.3. The van der Waals surface area contributed by atoms with E-state index < -0.39 is 0 Å². The van der Waals surface area contributed by atoms with Crippen LogP contribution in [-0.2, 0) is 6.54 Å². The quantitative estimate of drug-likeness (QED) is 0.501. The average Bonchev–Trinajstić information content (AvgIpc) is 3.48. The zero-order valence-corrected chi connectivity index (χ0v) is 18.1. The van der Waals surface area contributed by atoms with Gasteiger partial charge in [0.1, 0.15) is 10.7 Å². The van der Waals surface area contributed by atoms with Crippen LogP contribution in [-0.4, -0.2) is 22.8 Å². The fourth-order valence-corrected chi connectivity index (χ4v) is 3.93. The normalized spacial score (nSPS) is 13.0. The Morgan fingerprint density at radius 3 is 2.65 bits per heavy atom. The molecule has 160 valence electrons. The molecular formula is C23H23FN4O2S. The number of aromatic nitrogens is 1. The predicted octanol–water partition coefficient (Wildman–Crippen LogP) is 4.66. The van der Waals surface area contributed by atoms with Crippen molar-refractivity contribution >= 4 is 34.0 Å². The number of nitrogens with zero attached hydrogens (tertiary/aromatic N) is 1. The maximum atomic E-state index is 13.8. The van der Waals surface area contributed by atoms with Crippen LogP contribution in [0.15, 0.2) is 42.5 Å². The lowest BCUT2D eigenvalue weighted by molar-refractivity contribution is 0.0949. The van der Waals surface area contributed by atoms with Crippen molar-refractivity contribution in [2.45, 2.75) is 39.3 Å². The Labute approximate surface area is 183 Å². The summed E-state index contributed by atoms with van der Waals surface area (Å²) >= 11 is 1.21. The van der Waals surface area contributed by atoms with Gasteiger partial charge in [-0.3, -0.25) is 9.59 Å². The van der Waals surface area contributed by atoms with Gasteiger partial charge in [0, 0.05) is 29.4 Å². The monoisotopic (exact) mass is 438 g/mol. The average molecular weight is 439 g/mol. The lowest BCUT2D eigenvalue weighted by Crippen LogP contribution is -2.25. The summed E-state index contributed by atoms with van der Waals surface area (Å²) < 4.78 is 13.8. The number of anilines is 2. The van der Waals surface area contributed by atoms with Crippen LogP contribution < -0.4 is 16.0 Å². The third kappa shape index (κ3) is 5.08. The number of nitrogens with one attached hydrogen (secondary N) is 3.